The van der Waals surface area contributed by atoms with Crippen molar-refractivity contribution < 1.29 is 9.53 Å². The van der Waals surface area contributed by atoms with Gasteiger partial charge in [0.15, 0.2) is 6.10 Å². The van der Waals surface area contributed by atoms with E-state index in [0.717, 1.165) is 11.3 Å². The van der Waals surface area contributed by atoms with Gasteiger partial charge in [0.25, 0.3) is 0 Å². The molecule has 0 spiro atoms. The van der Waals surface area contributed by atoms with Crippen molar-refractivity contribution in [2.45, 2.75) is 12.5 Å². The third kappa shape index (κ3) is 1.78. The highest BCUT2D eigenvalue weighted by Crippen LogP contribution is 2.29. The van der Waals surface area contributed by atoms with E-state index in [1.165, 1.54) is 18.7 Å². The number of hydrogen-bond acceptors (Lipinski definition) is 4. The second kappa shape index (κ2) is 3.97. The monoisotopic (exact) mass is 226 g/mol. The lowest BCUT2D eigenvalue weighted by Crippen LogP contribution is -2.25. The third-order valence-corrected chi connectivity index (χ3v) is 2.78. The Morgan fingerprint density at radius 1 is 1.24 bits per heavy atom. The van der Waals surface area contributed by atoms with Crippen LogP contribution in [0.15, 0.2) is 43.0 Å². The quantitative estimate of drug-likeness (QED) is 0.731. The zero-order valence-electron chi connectivity index (χ0n) is 9.04. The zero-order chi connectivity index (χ0) is 11.7. The van der Waals surface area contributed by atoms with Crippen LogP contribution in [0.2, 0.25) is 0 Å². The molecule has 1 aliphatic rings. The Kier molecular flexibility index (Phi) is 2.33. The average molecular weight is 226 g/mol. The summed E-state index contributed by atoms with van der Waals surface area (Å²) in [6, 6.07) is 7.70. The molecule has 1 unspecified atom stereocenters. The molecule has 4 heteroatoms. The van der Waals surface area contributed by atoms with Gasteiger partial charge in [0.05, 0.1) is 5.56 Å². The van der Waals surface area contributed by atoms with Gasteiger partial charge in [-0.1, -0.05) is 18.2 Å². The number of nitrogens with zero attached hydrogens (tertiary/aromatic N) is 2. The predicted molar refractivity (Wildman–Crippen MR) is 60.9 cm³/mol. The summed E-state index contributed by atoms with van der Waals surface area (Å²) in [4.78, 5) is 19.8. The molecule has 1 atom stereocenters. The second-order valence-electron chi connectivity index (χ2n) is 3.91. The molecular formula is C13H10N2O2. The normalized spacial score (nSPS) is 17.3. The summed E-state index contributed by atoms with van der Waals surface area (Å²) in [5.74, 6) is 0.726. The van der Waals surface area contributed by atoms with Crippen molar-refractivity contribution in [2.75, 3.05) is 0 Å². The molecule has 2 aromatic rings. The number of Topliss-reactive ketones (excluding diaryl/α,β-unsaturated/α-hetero) is 1. The molecule has 0 N–H and O–H groups in total. The van der Waals surface area contributed by atoms with Crippen LogP contribution >= 0.6 is 0 Å². The standard InChI is InChI=1S/C13H10N2O2/c16-13(10-6-14-8-15-7-10)12-5-9-3-1-2-4-11(9)17-12/h1-4,6-8,12H,5H2. The largest absolute Gasteiger partial charge is 0.482 e. The number of carbonyl (C=O) groups is 1. The van der Waals surface area contributed by atoms with Crippen LogP contribution in [0, 0.1) is 0 Å². The Morgan fingerprint density at radius 3 is 2.76 bits per heavy atom. The number of para-hydroxylation sites is 1. The summed E-state index contributed by atoms with van der Waals surface area (Å²) >= 11 is 0. The third-order valence-electron chi connectivity index (χ3n) is 2.78. The fourth-order valence-corrected chi connectivity index (χ4v) is 1.94. The van der Waals surface area contributed by atoms with Gasteiger partial charge in [-0.05, 0) is 11.6 Å². The van der Waals surface area contributed by atoms with Gasteiger partial charge in [0.2, 0.25) is 5.78 Å². The van der Waals surface area contributed by atoms with Crippen LogP contribution in [0.25, 0.3) is 0 Å². The van der Waals surface area contributed by atoms with E-state index in [4.69, 9.17) is 4.74 Å². The van der Waals surface area contributed by atoms with E-state index >= 15 is 0 Å². The van der Waals surface area contributed by atoms with E-state index < -0.39 is 6.10 Å². The van der Waals surface area contributed by atoms with Crippen molar-refractivity contribution in [2.24, 2.45) is 0 Å². The maximum Gasteiger partial charge on any atom is 0.206 e. The fourth-order valence-electron chi connectivity index (χ4n) is 1.94. The lowest BCUT2D eigenvalue weighted by atomic mass is 10.0. The molecule has 0 aliphatic carbocycles. The van der Waals surface area contributed by atoms with Crippen molar-refractivity contribution in [3.63, 3.8) is 0 Å². The van der Waals surface area contributed by atoms with Gasteiger partial charge in [-0.15, -0.1) is 0 Å². The first-order chi connectivity index (χ1) is 8.34. The number of fused-ring (bicyclic) bond motifs is 1. The van der Waals surface area contributed by atoms with Gasteiger partial charge in [-0.2, -0.15) is 0 Å². The Hall–Kier alpha value is -2.23. The van der Waals surface area contributed by atoms with E-state index in [2.05, 4.69) is 9.97 Å². The summed E-state index contributed by atoms with van der Waals surface area (Å²) in [6.07, 6.45) is 4.60. The maximum atomic E-state index is 12.1. The molecule has 84 valence electrons. The molecule has 0 saturated heterocycles. The Labute approximate surface area is 98.3 Å². The Balaban J connectivity index is 1.84. The lowest BCUT2D eigenvalue weighted by Gasteiger charge is -2.08. The van der Waals surface area contributed by atoms with Crippen molar-refractivity contribution >= 4 is 5.78 Å². The van der Waals surface area contributed by atoms with Gasteiger partial charge in [0, 0.05) is 18.8 Å². The van der Waals surface area contributed by atoms with E-state index in [9.17, 15) is 4.79 Å². The van der Waals surface area contributed by atoms with Crippen molar-refractivity contribution in [3.05, 3.63) is 54.1 Å². The minimum Gasteiger partial charge on any atom is -0.482 e. The van der Waals surface area contributed by atoms with Gasteiger partial charge < -0.3 is 4.74 Å². The summed E-state index contributed by atoms with van der Waals surface area (Å²) < 4.78 is 5.62. The van der Waals surface area contributed by atoms with Crippen molar-refractivity contribution in [3.8, 4) is 5.75 Å². The average Bonchev–Trinajstić information content (AvgIpc) is 2.82. The molecule has 1 aliphatic heterocycles. The maximum absolute atomic E-state index is 12.1. The minimum absolute atomic E-state index is 0.0678. The lowest BCUT2D eigenvalue weighted by molar-refractivity contribution is 0.0824. The number of carbonyl (C=O) groups excluding carboxylic acids is 1. The molecule has 0 amide bonds. The summed E-state index contributed by atoms with van der Waals surface area (Å²) in [5, 5.41) is 0. The van der Waals surface area contributed by atoms with Crippen molar-refractivity contribution in [1.29, 1.82) is 0 Å². The smallest absolute Gasteiger partial charge is 0.206 e. The molecule has 1 aromatic heterocycles. The van der Waals surface area contributed by atoms with Crippen LogP contribution in [-0.2, 0) is 6.42 Å². The van der Waals surface area contributed by atoms with Crippen LogP contribution in [0.1, 0.15) is 15.9 Å². The Morgan fingerprint density at radius 2 is 2.00 bits per heavy atom. The molecule has 17 heavy (non-hydrogen) atoms. The highest BCUT2D eigenvalue weighted by Gasteiger charge is 2.29. The molecular weight excluding hydrogens is 216 g/mol. The highest BCUT2D eigenvalue weighted by molar-refractivity contribution is 5.99. The summed E-state index contributed by atoms with van der Waals surface area (Å²) in [5.41, 5.74) is 1.56. The molecule has 4 nitrogen and oxygen atoms in total. The zero-order valence-corrected chi connectivity index (χ0v) is 9.04. The first-order valence-corrected chi connectivity index (χ1v) is 5.38. The SMILES string of the molecule is O=C(c1cncnc1)C1Cc2ccccc2O1. The molecule has 0 saturated carbocycles. The van der Waals surface area contributed by atoms with Crippen molar-refractivity contribution in [1.82, 2.24) is 9.97 Å². The Bertz CT molecular complexity index is 529. The van der Waals surface area contributed by atoms with Gasteiger partial charge in [0.1, 0.15) is 12.1 Å². The molecule has 2 heterocycles. The molecule has 0 radical (unpaired) electrons. The predicted octanol–water partition coefficient (Wildman–Crippen LogP) is 1.66. The van der Waals surface area contributed by atoms with E-state index in [1.54, 1.807) is 0 Å². The van der Waals surface area contributed by atoms with Crippen LogP contribution in [0.3, 0.4) is 0 Å². The minimum atomic E-state index is -0.446. The van der Waals surface area contributed by atoms with Crippen LogP contribution in [-0.4, -0.2) is 21.9 Å². The van der Waals surface area contributed by atoms with Gasteiger partial charge >= 0.3 is 0 Å². The molecule has 0 bridgehead atoms. The second-order valence-corrected chi connectivity index (χ2v) is 3.91. The number of ether oxygens (including phenoxy) is 1. The first kappa shape index (κ1) is 9.96. The molecule has 1 aromatic carbocycles. The van der Waals surface area contributed by atoms with E-state index in [1.807, 2.05) is 24.3 Å². The number of ketones is 1. The first-order valence-electron chi connectivity index (χ1n) is 5.38. The van der Waals surface area contributed by atoms with Gasteiger partial charge in [-0.3, -0.25) is 4.79 Å². The van der Waals surface area contributed by atoms with E-state index in [-0.39, 0.29) is 5.78 Å². The van der Waals surface area contributed by atoms with Crippen LogP contribution in [0.4, 0.5) is 0 Å². The highest BCUT2D eigenvalue weighted by atomic mass is 16.5. The van der Waals surface area contributed by atoms with Gasteiger partial charge in [-0.25, -0.2) is 9.97 Å². The number of aromatic nitrogens is 2. The van der Waals surface area contributed by atoms with Crippen LogP contribution < -0.4 is 4.74 Å². The fraction of sp³-hybridized carbons (Fsp3) is 0.154. The molecule has 0 fully saturated rings. The van der Waals surface area contributed by atoms with E-state index in [0.29, 0.717) is 12.0 Å². The van der Waals surface area contributed by atoms with Crippen LogP contribution in [0.5, 0.6) is 5.75 Å². The number of rotatable bonds is 2. The number of benzene rings is 1. The summed E-state index contributed by atoms with van der Waals surface area (Å²) in [6.45, 7) is 0. The number of hydrogen-bond donors (Lipinski definition) is 0. The molecule has 3 rings (SSSR count). The summed E-state index contributed by atoms with van der Waals surface area (Å²) in [7, 11) is 0. The topological polar surface area (TPSA) is 52.1 Å².